The smallest absolute Gasteiger partial charge is 0.337 e. The van der Waals surface area contributed by atoms with Crippen molar-refractivity contribution < 1.29 is 18.3 Å². The lowest BCUT2D eigenvalue weighted by Gasteiger charge is -2.20. The van der Waals surface area contributed by atoms with E-state index in [1.54, 1.807) is 11.8 Å². The van der Waals surface area contributed by atoms with Crippen molar-refractivity contribution in [2.45, 2.75) is 11.3 Å². The summed E-state index contributed by atoms with van der Waals surface area (Å²) in [6, 6.07) is 2.19. The molecule has 0 bridgehead atoms. The van der Waals surface area contributed by atoms with Gasteiger partial charge in [-0.15, -0.1) is 0 Å². The number of thioether (sulfide) groups is 1. The van der Waals surface area contributed by atoms with Gasteiger partial charge in [0.1, 0.15) is 4.90 Å². The Balaban J connectivity index is 2.48. The van der Waals surface area contributed by atoms with Crippen LogP contribution in [0, 0.1) is 0 Å². The van der Waals surface area contributed by atoms with Gasteiger partial charge in [0.05, 0.1) is 15.6 Å². The van der Waals surface area contributed by atoms with Gasteiger partial charge in [-0.25, -0.2) is 13.2 Å². The molecule has 1 aromatic carbocycles. The van der Waals surface area contributed by atoms with Crippen LogP contribution < -0.4 is 0 Å². The Labute approximate surface area is 137 Å². The molecule has 0 saturated carbocycles. The number of nitrogens with zero attached hydrogens (tertiary/aromatic N) is 1. The third-order valence-corrected chi connectivity index (χ3v) is 6.78. The maximum atomic E-state index is 12.6. The Morgan fingerprint density at radius 3 is 2.57 bits per heavy atom. The predicted octanol–water partition coefficient (Wildman–Crippen LogP) is 2.82. The Morgan fingerprint density at radius 1 is 1.19 bits per heavy atom. The molecule has 1 heterocycles. The normalized spacial score (nSPS) is 17.4. The second-order valence-electron chi connectivity index (χ2n) is 4.44. The zero-order chi connectivity index (χ0) is 15.6. The fourth-order valence-electron chi connectivity index (χ4n) is 1.99. The number of aromatic carboxylic acids is 1. The van der Waals surface area contributed by atoms with Crippen LogP contribution in [0.2, 0.25) is 10.0 Å². The molecule has 0 aromatic heterocycles. The highest BCUT2D eigenvalue weighted by atomic mass is 35.5. The van der Waals surface area contributed by atoms with Crippen molar-refractivity contribution in [3.63, 3.8) is 0 Å². The van der Waals surface area contributed by atoms with Crippen LogP contribution in [-0.2, 0) is 10.0 Å². The van der Waals surface area contributed by atoms with E-state index >= 15 is 0 Å². The van der Waals surface area contributed by atoms with Crippen molar-refractivity contribution in [2.24, 2.45) is 0 Å². The fraction of sp³-hybridized carbons (Fsp3) is 0.417. The molecule has 1 aliphatic rings. The van der Waals surface area contributed by atoms with Gasteiger partial charge in [0, 0.05) is 18.8 Å². The Kier molecular flexibility index (Phi) is 5.43. The molecule has 5 nitrogen and oxygen atoms in total. The molecule has 1 fully saturated rings. The van der Waals surface area contributed by atoms with Crippen molar-refractivity contribution in [3.05, 3.63) is 27.7 Å². The maximum Gasteiger partial charge on any atom is 0.337 e. The number of sulfonamides is 1. The molecular weight excluding hydrogens is 357 g/mol. The third kappa shape index (κ3) is 3.65. The lowest BCUT2D eigenvalue weighted by molar-refractivity contribution is 0.0697. The lowest BCUT2D eigenvalue weighted by Crippen LogP contribution is -2.33. The molecule has 21 heavy (non-hydrogen) atoms. The molecule has 1 aliphatic heterocycles. The molecule has 1 aromatic rings. The summed E-state index contributed by atoms with van der Waals surface area (Å²) >= 11 is 13.4. The van der Waals surface area contributed by atoms with Crippen LogP contribution in [-0.4, -0.2) is 48.4 Å². The minimum atomic E-state index is -3.82. The summed E-state index contributed by atoms with van der Waals surface area (Å²) < 4.78 is 26.6. The van der Waals surface area contributed by atoms with Gasteiger partial charge in [-0.1, -0.05) is 23.2 Å². The molecule has 2 rings (SSSR count). The van der Waals surface area contributed by atoms with E-state index in [0.29, 0.717) is 18.8 Å². The number of hydrogen-bond donors (Lipinski definition) is 1. The van der Waals surface area contributed by atoms with Gasteiger partial charge >= 0.3 is 5.97 Å². The van der Waals surface area contributed by atoms with Gasteiger partial charge in [0.15, 0.2) is 0 Å². The van der Waals surface area contributed by atoms with Gasteiger partial charge in [0.25, 0.3) is 0 Å². The second kappa shape index (κ2) is 6.75. The van der Waals surface area contributed by atoms with Crippen molar-refractivity contribution >= 4 is 51.0 Å². The van der Waals surface area contributed by atoms with Crippen molar-refractivity contribution in [2.75, 3.05) is 24.6 Å². The SMILES string of the molecule is O=C(O)c1cc(S(=O)(=O)N2CCCSCC2)c(Cl)cc1Cl. The highest BCUT2D eigenvalue weighted by molar-refractivity contribution is 7.99. The van der Waals surface area contributed by atoms with Crippen LogP contribution in [0.4, 0.5) is 0 Å². The van der Waals surface area contributed by atoms with Gasteiger partial charge in [-0.05, 0) is 24.3 Å². The van der Waals surface area contributed by atoms with Gasteiger partial charge in [0.2, 0.25) is 10.0 Å². The van der Waals surface area contributed by atoms with Crippen molar-refractivity contribution in [3.8, 4) is 0 Å². The van der Waals surface area contributed by atoms with Crippen LogP contribution in [0.1, 0.15) is 16.8 Å². The summed E-state index contributed by atoms with van der Waals surface area (Å²) in [5.41, 5.74) is -0.274. The molecular formula is C12H13Cl2NO4S2. The Bertz CT molecular complexity index is 655. The quantitative estimate of drug-likeness (QED) is 0.886. The number of carboxylic acid groups (broad SMARTS) is 1. The molecule has 9 heteroatoms. The minimum Gasteiger partial charge on any atom is -0.478 e. The summed E-state index contributed by atoms with van der Waals surface area (Å²) in [7, 11) is -3.82. The van der Waals surface area contributed by atoms with Gasteiger partial charge in [-0.3, -0.25) is 0 Å². The summed E-state index contributed by atoms with van der Waals surface area (Å²) in [6.45, 7) is 0.783. The van der Waals surface area contributed by atoms with E-state index in [1.807, 2.05) is 0 Å². The summed E-state index contributed by atoms with van der Waals surface area (Å²) in [5.74, 6) is 0.316. The average Bonchev–Trinajstić information content (AvgIpc) is 2.67. The van der Waals surface area contributed by atoms with E-state index in [-0.39, 0.29) is 20.5 Å². The second-order valence-corrected chi connectivity index (χ2v) is 8.38. The first-order chi connectivity index (χ1) is 9.84. The predicted molar refractivity (Wildman–Crippen MR) is 84.1 cm³/mol. The molecule has 0 aliphatic carbocycles. The van der Waals surface area contributed by atoms with Crippen LogP contribution >= 0.6 is 35.0 Å². The highest BCUT2D eigenvalue weighted by Crippen LogP contribution is 2.31. The van der Waals surface area contributed by atoms with Crippen molar-refractivity contribution in [1.29, 1.82) is 0 Å². The molecule has 0 spiro atoms. The Hall–Kier alpha value is -0.470. The van der Waals surface area contributed by atoms with E-state index < -0.39 is 16.0 Å². The molecule has 1 N–H and O–H groups in total. The van der Waals surface area contributed by atoms with E-state index in [4.69, 9.17) is 28.3 Å². The minimum absolute atomic E-state index is 0.0677. The third-order valence-electron chi connectivity index (χ3n) is 3.05. The van der Waals surface area contributed by atoms with E-state index in [0.717, 1.165) is 24.3 Å². The average molecular weight is 370 g/mol. The number of carbonyl (C=O) groups is 1. The number of carboxylic acids is 1. The van der Waals surface area contributed by atoms with E-state index in [2.05, 4.69) is 0 Å². The van der Waals surface area contributed by atoms with E-state index in [9.17, 15) is 13.2 Å². The number of hydrogen-bond acceptors (Lipinski definition) is 4. The van der Waals surface area contributed by atoms with Crippen molar-refractivity contribution in [1.82, 2.24) is 4.31 Å². The first kappa shape index (κ1) is 16.9. The summed E-state index contributed by atoms with van der Waals surface area (Å²) in [6.07, 6.45) is 0.751. The monoisotopic (exact) mass is 369 g/mol. The standard InChI is InChI=1S/C12H13Cl2NO4S2/c13-9-7-10(14)11(6-8(9)12(16)17)21(18,19)15-2-1-4-20-5-3-15/h6-7H,1-5H2,(H,16,17). The lowest BCUT2D eigenvalue weighted by atomic mass is 10.2. The topological polar surface area (TPSA) is 74.7 Å². The number of halogens is 2. The van der Waals surface area contributed by atoms with Crippen LogP contribution in [0.15, 0.2) is 17.0 Å². The first-order valence-electron chi connectivity index (χ1n) is 6.14. The van der Waals surface area contributed by atoms with Crippen LogP contribution in [0.5, 0.6) is 0 Å². The van der Waals surface area contributed by atoms with Gasteiger partial charge in [-0.2, -0.15) is 16.1 Å². The maximum absolute atomic E-state index is 12.6. The Morgan fingerprint density at radius 2 is 1.90 bits per heavy atom. The van der Waals surface area contributed by atoms with Crippen LogP contribution in [0.3, 0.4) is 0 Å². The molecule has 0 amide bonds. The zero-order valence-electron chi connectivity index (χ0n) is 10.9. The molecule has 1 saturated heterocycles. The molecule has 0 unspecified atom stereocenters. The molecule has 116 valence electrons. The largest absolute Gasteiger partial charge is 0.478 e. The van der Waals surface area contributed by atoms with E-state index in [1.165, 1.54) is 4.31 Å². The number of rotatable bonds is 3. The summed E-state index contributed by atoms with van der Waals surface area (Å²) in [5, 5.41) is 8.91. The molecule has 0 atom stereocenters. The number of benzene rings is 1. The zero-order valence-corrected chi connectivity index (χ0v) is 14.0. The first-order valence-corrected chi connectivity index (χ1v) is 9.49. The van der Waals surface area contributed by atoms with Gasteiger partial charge < -0.3 is 5.11 Å². The fourth-order valence-corrected chi connectivity index (χ4v) is 5.30. The highest BCUT2D eigenvalue weighted by Gasteiger charge is 2.29. The molecule has 0 radical (unpaired) electrons. The van der Waals surface area contributed by atoms with Crippen LogP contribution in [0.25, 0.3) is 0 Å². The summed E-state index contributed by atoms with van der Waals surface area (Å²) in [4.78, 5) is 10.9.